The van der Waals surface area contributed by atoms with E-state index in [1.807, 2.05) is 6.07 Å². The average molecular weight is 304 g/mol. The predicted octanol–water partition coefficient (Wildman–Crippen LogP) is 2.69. The number of esters is 1. The number of hydrogen-bond donors (Lipinski definition) is 2. The Hall–Kier alpha value is -2.34. The van der Waals surface area contributed by atoms with E-state index in [0.29, 0.717) is 22.9 Å². The molecule has 2 aromatic rings. The molecular weight excluding hydrogens is 288 g/mol. The molecule has 1 heterocycles. The third-order valence-electron chi connectivity index (χ3n) is 2.73. The van der Waals surface area contributed by atoms with Gasteiger partial charge in [-0.25, -0.2) is 4.79 Å². The molecule has 0 aliphatic heterocycles. The van der Waals surface area contributed by atoms with Crippen molar-refractivity contribution in [2.24, 2.45) is 0 Å². The van der Waals surface area contributed by atoms with Crippen molar-refractivity contribution in [3.8, 4) is 0 Å². The molecule has 5 nitrogen and oxygen atoms in total. The molecule has 21 heavy (non-hydrogen) atoms. The Morgan fingerprint density at radius 1 is 1.33 bits per heavy atom. The zero-order chi connectivity index (χ0) is 15.2. The fourth-order valence-corrected chi connectivity index (χ4v) is 2.63. The van der Waals surface area contributed by atoms with Crippen molar-refractivity contribution < 1.29 is 14.3 Å². The van der Waals surface area contributed by atoms with Gasteiger partial charge in [-0.3, -0.25) is 4.79 Å². The van der Waals surface area contributed by atoms with E-state index in [1.165, 1.54) is 11.3 Å². The minimum Gasteiger partial charge on any atom is -0.462 e. The van der Waals surface area contributed by atoms with Gasteiger partial charge in [-0.15, -0.1) is 11.3 Å². The van der Waals surface area contributed by atoms with Gasteiger partial charge >= 0.3 is 5.97 Å². The van der Waals surface area contributed by atoms with Crippen molar-refractivity contribution in [1.82, 2.24) is 0 Å². The smallest absolute Gasteiger partial charge is 0.341 e. The van der Waals surface area contributed by atoms with Gasteiger partial charge in [-0.05, 0) is 36.1 Å². The maximum atomic E-state index is 12.0. The Morgan fingerprint density at radius 3 is 2.86 bits per heavy atom. The lowest BCUT2D eigenvalue weighted by Crippen LogP contribution is -2.16. The van der Waals surface area contributed by atoms with Crippen LogP contribution in [-0.2, 0) is 16.0 Å². The molecule has 110 valence electrons. The Balaban J connectivity index is 2.03. The molecule has 0 aliphatic rings. The molecule has 0 aliphatic carbocycles. The van der Waals surface area contributed by atoms with Crippen LogP contribution in [0.5, 0.6) is 0 Å². The number of nitrogens with one attached hydrogen (secondary N) is 1. The van der Waals surface area contributed by atoms with Crippen LogP contribution in [-0.4, -0.2) is 18.5 Å². The van der Waals surface area contributed by atoms with Crippen LogP contribution in [0.15, 0.2) is 35.7 Å². The second-order valence-electron chi connectivity index (χ2n) is 4.35. The van der Waals surface area contributed by atoms with Gasteiger partial charge in [0, 0.05) is 5.69 Å². The number of thiophene rings is 1. The molecule has 0 unspecified atom stereocenters. The number of rotatable bonds is 5. The van der Waals surface area contributed by atoms with E-state index in [1.54, 1.807) is 36.6 Å². The second-order valence-corrected chi connectivity index (χ2v) is 5.27. The van der Waals surface area contributed by atoms with Crippen LogP contribution < -0.4 is 11.1 Å². The van der Waals surface area contributed by atoms with Gasteiger partial charge in [0.25, 0.3) is 0 Å². The highest BCUT2D eigenvalue weighted by atomic mass is 32.1. The molecule has 2 rings (SSSR count). The zero-order valence-corrected chi connectivity index (χ0v) is 12.4. The molecule has 1 aromatic carbocycles. The average Bonchev–Trinajstić information content (AvgIpc) is 2.87. The molecule has 0 radical (unpaired) electrons. The molecule has 6 heteroatoms. The van der Waals surface area contributed by atoms with Crippen LogP contribution in [0.1, 0.15) is 22.8 Å². The minimum absolute atomic E-state index is 0.200. The first kappa shape index (κ1) is 15.1. The maximum absolute atomic E-state index is 12.0. The molecule has 0 fully saturated rings. The summed E-state index contributed by atoms with van der Waals surface area (Å²) in [5.74, 6) is -0.633. The third kappa shape index (κ3) is 4.06. The van der Waals surface area contributed by atoms with E-state index in [2.05, 4.69) is 5.32 Å². The predicted molar refractivity (Wildman–Crippen MR) is 83.5 cm³/mol. The normalized spacial score (nSPS) is 10.1. The number of carbonyl (C=O) groups is 2. The Morgan fingerprint density at radius 2 is 2.14 bits per heavy atom. The zero-order valence-electron chi connectivity index (χ0n) is 11.6. The van der Waals surface area contributed by atoms with Crippen molar-refractivity contribution >= 4 is 33.9 Å². The minimum atomic E-state index is -0.432. The SMILES string of the molecule is CCOC(=O)c1ccsc1NC(=O)Cc1cccc(N)c1. The molecule has 1 amide bonds. The van der Waals surface area contributed by atoms with Crippen LogP contribution in [0.25, 0.3) is 0 Å². The molecule has 0 saturated heterocycles. The van der Waals surface area contributed by atoms with Gasteiger partial charge in [-0.2, -0.15) is 0 Å². The fourth-order valence-electron chi connectivity index (χ4n) is 1.83. The van der Waals surface area contributed by atoms with E-state index in [0.717, 1.165) is 5.56 Å². The molecule has 3 N–H and O–H groups in total. The first-order valence-corrected chi connectivity index (χ1v) is 7.37. The van der Waals surface area contributed by atoms with E-state index in [9.17, 15) is 9.59 Å². The van der Waals surface area contributed by atoms with E-state index < -0.39 is 5.97 Å². The van der Waals surface area contributed by atoms with Crippen LogP contribution in [0.2, 0.25) is 0 Å². The monoisotopic (exact) mass is 304 g/mol. The topological polar surface area (TPSA) is 81.4 Å². The number of ether oxygens (including phenoxy) is 1. The summed E-state index contributed by atoms with van der Waals surface area (Å²) in [6.07, 6.45) is 0.200. The van der Waals surface area contributed by atoms with Gasteiger partial charge < -0.3 is 15.8 Å². The number of anilines is 2. The van der Waals surface area contributed by atoms with Gasteiger partial charge in [0.05, 0.1) is 18.6 Å². The van der Waals surface area contributed by atoms with Crippen molar-refractivity contribution in [3.05, 3.63) is 46.8 Å². The summed E-state index contributed by atoms with van der Waals surface area (Å²) in [5, 5.41) is 4.98. The van der Waals surface area contributed by atoms with Crippen LogP contribution >= 0.6 is 11.3 Å². The summed E-state index contributed by atoms with van der Waals surface area (Å²) in [5.41, 5.74) is 7.49. The van der Waals surface area contributed by atoms with E-state index in [4.69, 9.17) is 10.5 Å². The fraction of sp³-hybridized carbons (Fsp3) is 0.200. The Kier molecular flexibility index (Phi) is 4.94. The van der Waals surface area contributed by atoms with Gasteiger partial charge in [0.2, 0.25) is 5.91 Å². The van der Waals surface area contributed by atoms with Crippen LogP contribution in [0, 0.1) is 0 Å². The first-order valence-electron chi connectivity index (χ1n) is 6.49. The molecule has 1 aromatic heterocycles. The Bertz CT molecular complexity index is 652. The lowest BCUT2D eigenvalue weighted by atomic mass is 10.1. The van der Waals surface area contributed by atoms with E-state index in [-0.39, 0.29) is 12.3 Å². The van der Waals surface area contributed by atoms with Gasteiger partial charge in [-0.1, -0.05) is 12.1 Å². The van der Waals surface area contributed by atoms with Crippen molar-refractivity contribution in [2.45, 2.75) is 13.3 Å². The number of benzene rings is 1. The van der Waals surface area contributed by atoms with Crippen LogP contribution in [0.3, 0.4) is 0 Å². The summed E-state index contributed by atoms with van der Waals surface area (Å²) in [6, 6.07) is 8.78. The summed E-state index contributed by atoms with van der Waals surface area (Å²) >= 11 is 1.29. The standard InChI is InChI=1S/C15H16N2O3S/c1-2-20-15(19)12-6-7-21-14(12)17-13(18)9-10-4-3-5-11(16)8-10/h3-8H,2,9,16H2,1H3,(H,17,18). The molecular formula is C15H16N2O3S. The molecule has 0 saturated carbocycles. The maximum Gasteiger partial charge on any atom is 0.341 e. The van der Waals surface area contributed by atoms with Crippen molar-refractivity contribution in [3.63, 3.8) is 0 Å². The van der Waals surface area contributed by atoms with Crippen LogP contribution in [0.4, 0.5) is 10.7 Å². The molecule has 0 atom stereocenters. The number of hydrogen-bond acceptors (Lipinski definition) is 5. The highest BCUT2D eigenvalue weighted by Gasteiger charge is 2.16. The molecule has 0 spiro atoms. The van der Waals surface area contributed by atoms with Crippen molar-refractivity contribution in [1.29, 1.82) is 0 Å². The van der Waals surface area contributed by atoms with Crippen molar-refractivity contribution in [2.75, 3.05) is 17.7 Å². The largest absolute Gasteiger partial charge is 0.462 e. The highest BCUT2D eigenvalue weighted by molar-refractivity contribution is 7.14. The second kappa shape index (κ2) is 6.90. The number of carbonyl (C=O) groups excluding carboxylic acids is 2. The number of nitrogen functional groups attached to an aromatic ring is 1. The molecule has 0 bridgehead atoms. The lowest BCUT2D eigenvalue weighted by molar-refractivity contribution is -0.115. The first-order chi connectivity index (χ1) is 10.1. The summed E-state index contributed by atoms with van der Waals surface area (Å²) in [4.78, 5) is 23.8. The summed E-state index contributed by atoms with van der Waals surface area (Å²) in [7, 11) is 0. The number of amides is 1. The lowest BCUT2D eigenvalue weighted by Gasteiger charge is -2.06. The quantitative estimate of drug-likeness (QED) is 0.657. The highest BCUT2D eigenvalue weighted by Crippen LogP contribution is 2.24. The Labute approximate surface area is 126 Å². The summed E-state index contributed by atoms with van der Waals surface area (Å²) < 4.78 is 4.94. The third-order valence-corrected chi connectivity index (χ3v) is 3.56. The van der Waals surface area contributed by atoms with E-state index >= 15 is 0 Å². The van der Waals surface area contributed by atoms with Gasteiger partial charge in [0.1, 0.15) is 5.00 Å². The number of nitrogens with two attached hydrogens (primary N) is 1. The van der Waals surface area contributed by atoms with Gasteiger partial charge in [0.15, 0.2) is 0 Å². The summed E-state index contributed by atoms with van der Waals surface area (Å²) in [6.45, 7) is 2.04.